The lowest BCUT2D eigenvalue weighted by atomic mass is 9.87. The Labute approximate surface area is 182 Å². The zero-order chi connectivity index (χ0) is 28.1. The molecule has 0 aromatic heterocycles. The van der Waals surface area contributed by atoms with Gasteiger partial charge in [0.25, 0.3) is 0 Å². The second kappa shape index (κ2) is 8.67. The van der Waals surface area contributed by atoms with Gasteiger partial charge in [-0.1, -0.05) is 24.3 Å². The molecular formula is C17H9F17O. The highest BCUT2D eigenvalue weighted by atomic mass is 19.4. The highest BCUT2D eigenvalue weighted by Gasteiger charge is 2.95. The minimum absolute atomic E-state index is 0.101. The second-order valence-corrected chi connectivity index (χ2v) is 7.01. The van der Waals surface area contributed by atoms with Crippen LogP contribution >= 0.6 is 0 Å². The van der Waals surface area contributed by atoms with Crippen molar-refractivity contribution in [1.29, 1.82) is 0 Å². The zero-order valence-corrected chi connectivity index (χ0v) is 16.1. The SMILES string of the molecule is O=Cc1ccc(CCC(F)(F)C(F)(F)C(F)(F)C(F)(F)C(F)(F)C(F)(F)C(F)(F)C(F)(F)F)cc1. The minimum atomic E-state index is -8.63. The number of carbonyl (C=O) groups excluding carboxylic acids is 1. The van der Waals surface area contributed by atoms with E-state index in [1.807, 2.05) is 0 Å². The quantitative estimate of drug-likeness (QED) is 0.218. The standard InChI is InChI=1S/C17H9F17O/c18-10(19,6-5-8-1-3-9(7-35)4-2-8)11(20,21)12(22,23)13(24,25)14(26,27)15(28,29)16(30,31)17(32,33)34/h1-4,7H,5-6H2. The Hall–Kier alpha value is -2.30. The van der Waals surface area contributed by atoms with Crippen molar-refractivity contribution in [3.05, 3.63) is 35.4 Å². The Kier molecular flexibility index (Phi) is 7.61. The molecule has 0 saturated carbocycles. The Balaban J connectivity index is 3.43. The van der Waals surface area contributed by atoms with E-state index < -0.39 is 66.0 Å². The molecule has 35 heavy (non-hydrogen) atoms. The van der Waals surface area contributed by atoms with Crippen molar-refractivity contribution < 1.29 is 79.4 Å². The van der Waals surface area contributed by atoms with Crippen LogP contribution in [0.1, 0.15) is 22.3 Å². The lowest BCUT2D eigenvalue weighted by molar-refractivity contribution is -0.461. The highest BCUT2D eigenvalue weighted by Crippen LogP contribution is 2.64. The fourth-order valence-corrected chi connectivity index (χ4v) is 2.42. The van der Waals surface area contributed by atoms with Crippen molar-refractivity contribution >= 4 is 6.29 Å². The average Bonchev–Trinajstić information content (AvgIpc) is 2.70. The molecular weight excluding hydrogens is 543 g/mol. The summed E-state index contributed by atoms with van der Waals surface area (Å²) < 4.78 is 224. The van der Waals surface area contributed by atoms with Gasteiger partial charge in [-0.05, 0) is 12.0 Å². The van der Waals surface area contributed by atoms with Gasteiger partial charge in [-0.15, -0.1) is 0 Å². The first kappa shape index (κ1) is 30.7. The first-order valence-corrected chi connectivity index (χ1v) is 8.52. The maximum atomic E-state index is 13.8. The van der Waals surface area contributed by atoms with E-state index in [2.05, 4.69) is 0 Å². The smallest absolute Gasteiger partial charge is 0.298 e. The van der Waals surface area contributed by atoms with E-state index >= 15 is 0 Å². The highest BCUT2D eigenvalue weighted by molar-refractivity contribution is 5.74. The van der Waals surface area contributed by atoms with Crippen LogP contribution in [0.3, 0.4) is 0 Å². The average molecular weight is 552 g/mol. The van der Waals surface area contributed by atoms with E-state index in [0.29, 0.717) is 0 Å². The predicted octanol–water partition coefficient (Wildman–Crippen LogP) is 7.44. The number of rotatable bonds is 10. The van der Waals surface area contributed by atoms with Crippen LogP contribution in [0.2, 0.25) is 0 Å². The molecule has 0 aliphatic rings. The topological polar surface area (TPSA) is 17.1 Å². The molecule has 0 saturated heterocycles. The molecule has 0 N–H and O–H groups in total. The van der Waals surface area contributed by atoms with Gasteiger partial charge in [0.1, 0.15) is 6.29 Å². The Morgan fingerprint density at radius 2 is 0.857 bits per heavy atom. The lowest BCUT2D eigenvalue weighted by Gasteiger charge is -2.42. The fraction of sp³-hybridized carbons (Fsp3) is 0.588. The zero-order valence-electron chi connectivity index (χ0n) is 16.1. The first-order valence-electron chi connectivity index (χ1n) is 8.52. The van der Waals surface area contributed by atoms with Crippen LogP contribution in [-0.4, -0.2) is 53.9 Å². The monoisotopic (exact) mass is 552 g/mol. The van der Waals surface area contributed by atoms with Gasteiger partial charge in [-0.3, -0.25) is 4.79 Å². The van der Waals surface area contributed by atoms with E-state index in [9.17, 15) is 79.4 Å². The van der Waals surface area contributed by atoms with Crippen LogP contribution in [-0.2, 0) is 6.42 Å². The molecule has 1 aromatic rings. The Bertz CT molecular complexity index is 898. The Morgan fingerprint density at radius 1 is 0.514 bits per heavy atom. The van der Waals surface area contributed by atoms with Crippen LogP contribution in [0.25, 0.3) is 0 Å². The molecule has 1 aromatic carbocycles. The van der Waals surface area contributed by atoms with Crippen molar-refractivity contribution in [1.82, 2.24) is 0 Å². The van der Waals surface area contributed by atoms with Crippen LogP contribution in [0.15, 0.2) is 24.3 Å². The molecule has 0 unspecified atom stereocenters. The molecule has 1 rings (SSSR count). The molecule has 0 bridgehead atoms. The molecule has 0 spiro atoms. The number of alkyl halides is 17. The van der Waals surface area contributed by atoms with Crippen LogP contribution in [0.4, 0.5) is 74.6 Å². The Morgan fingerprint density at radius 3 is 1.20 bits per heavy atom. The summed E-state index contributed by atoms with van der Waals surface area (Å²) in [6.07, 6.45) is -11.5. The molecule has 0 fully saturated rings. The van der Waals surface area contributed by atoms with Gasteiger partial charge in [-0.25, -0.2) is 0 Å². The van der Waals surface area contributed by atoms with Crippen LogP contribution < -0.4 is 0 Å². The molecule has 0 atom stereocenters. The number of aryl methyl sites for hydroxylation is 1. The molecule has 0 amide bonds. The van der Waals surface area contributed by atoms with Crippen molar-refractivity contribution in [2.45, 2.75) is 60.5 Å². The number of hydrogen-bond donors (Lipinski definition) is 0. The third-order valence-corrected chi connectivity index (χ3v) is 4.63. The van der Waals surface area contributed by atoms with Gasteiger partial charge in [0, 0.05) is 12.0 Å². The molecule has 0 heterocycles. The molecule has 202 valence electrons. The van der Waals surface area contributed by atoms with Gasteiger partial charge < -0.3 is 0 Å². The third kappa shape index (κ3) is 4.51. The van der Waals surface area contributed by atoms with E-state index in [-0.39, 0.29) is 11.8 Å². The number of hydrogen-bond acceptors (Lipinski definition) is 1. The summed E-state index contributed by atoms with van der Waals surface area (Å²) in [5, 5.41) is 0. The van der Waals surface area contributed by atoms with E-state index in [1.165, 1.54) is 0 Å². The van der Waals surface area contributed by atoms with Gasteiger partial charge in [-0.2, -0.15) is 74.6 Å². The number of benzene rings is 1. The summed E-state index contributed by atoms with van der Waals surface area (Å²) in [5.74, 6) is -56.3. The summed E-state index contributed by atoms with van der Waals surface area (Å²) in [6, 6.07) is 3.37. The van der Waals surface area contributed by atoms with Crippen LogP contribution in [0, 0.1) is 0 Å². The van der Waals surface area contributed by atoms with Crippen molar-refractivity contribution in [3.63, 3.8) is 0 Å². The lowest BCUT2D eigenvalue weighted by Crippen LogP contribution is -2.74. The summed E-state index contributed by atoms with van der Waals surface area (Å²) in [4.78, 5) is 10.4. The largest absolute Gasteiger partial charge is 0.460 e. The molecule has 0 aliphatic carbocycles. The summed E-state index contributed by atoms with van der Waals surface area (Å²) in [7, 11) is 0. The summed E-state index contributed by atoms with van der Waals surface area (Å²) >= 11 is 0. The molecule has 0 radical (unpaired) electrons. The molecule has 18 heteroatoms. The van der Waals surface area contributed by atoms with Gasteiger partial charge >= 0.3 is 47.6 Å². The van der Waals surface area contributed by atoms with Crippen LogP contribution in [0.5, 0.6) is 0 Å². The van der Waals surface area contributed by atoms with Gasteiger partial charge in [0.2, 0.25) is 0 Å². The normalized spacial score (nSPS) is 15.3. The predicted molar refractivity (Wildman–Crippen MR) is 80.8 cm³/mol. The van der Waals surface area contributed by atoms with Crippen molar-refractivity contribution in [3.8, 4) is 0 Å². The third-order valence-electron chi connectivity index (χ3n) is 4.63. The number of carbonyl (C=O) groups is 1. The molecule has 1 nitrogen and oxygen atoms in total. The summed E-state index contributed by atoms with van der Waals surface area (Å²) in [6.45, 7) is 0. The second-order valence-electron chi connectivity index (χ2n) is 7.01. The molecule has 0 aliphatic heterocycles. The fourth-order valence-electron chi connectivity index (χ4n) is 2.42. The minimum Gasteiger partial charge on any atom is -0.298 e. The maximum Gasteiger partial charge on any atom is 0.460 e. The van der Waals surface area contributed by atoms with E-state index in [1.54, 1.807) is 0 Å². The van der Waals surface area contributed by atoms with Crippen molar-refractivity contribution in [2.75, 3.05) is 0 Å². The number of aldehydes is 1. The van der Waals surface area contributed by atoms with E-state index in [4.69, 9.17) is 0 Å². The van der Waals surface area contributed by atoms with Gasteiger partial charge in [0.05, 0.1) is 0 Å². The summed E-state index contributed by atoms with van der Waals surface area (Å²) in [5.41, 5.74) is -0.529. The van der Waals surface area contributed by atoms with Gasteiger partial charge in [0.15, 0.2) is 0 Å². The van der Waals surface area contributed by atoms with Crippen molar-refractivity contribution in [2.24, 2.45) is 0 Å². The first-order chi connectivity index (χ1) is 15.3. The van der Waals surface area contributed by atoms with E-state index in [0.717, 1.165) is 24.3 Å². The number of halogens is 17. The maximum absolute atomic E-state index is 13.8.